The summed E-state index contributed by atoms with van der Waals surface area (Å²) < 4.78 is 123. The van der Waals surface area contributed by atoms with Crippen LogP contribution >= 0.6 is 0 Å². The highest BCUT2D eigenvalue weighted by molar-refractivity contribution is 5.73. The van der Waals surface area contributed by atoms with Gasteiger partial charge in [-0.2, -0.15) is 0 Å². The first-order valence-corrected chi connectivity index (χ1v) is 39.7. The fourth-order valence-electron chi connectivity index (χ4n) is 15.9. The second-order valence-corrected chi connectivity index (χ2v) is 31.7. The third-order valence-corrected chi connectivity index (χ3v) is 23.4. The normalized spacial score (nSPS) is 52.7. The van der Waals surface area contributed by atoms with Crippen LogP contribution in [0.1, 0.15) is 6.92 Å². The summed E-state index contributed by atoms with van der Waals surface area (Å²) in [6.45, 7) is -11.6. The van der Waals surface area contributed by atoms with E-state index in [-0.39, 0.29) is 0 Å². The van der Waals surface area contributed by atoms with Crippen molar-refractivity contribution in [1.29, 1.82) is 0 Å². The van der Waals surface area contributed by atoms with Crippen LogP contribution in [0.4, 0.5) is 0 Å². The van der Waals surface area contributed by atoms with Crippen molar-refractivity contribution in [2.75, 3.05) is 72.7 Å². The van der Waals surface area contributed by atoms with Gasteiger partial charge >= 0.3 is 0 Å². The summed E-state index contributed by atoms with van der Waals surface area (Å²) in [6.07, 6.45) is -119. The number of hydrogen-bond donors (Lipinski definition) is 35. The van der Waals surface area contributed by atoms with Crippen LogP contribution < -0.4 is 5.32 Å². The highest BCUT2D eigenvalue weighted by atomic mass is 16.8. The Labute approximate surface area is 704 Å². The molecule has 0 aromatic rings. The summed E-state index contributed by atoms with van der Waals surface area (Å²) in [5.41, 5.74) is 0. The average molecular weight is 1840 g/mol. The number of rotatable bonds is 32. The molecule has 0 saturated carbocycles. The molecular formula is C68H115NO56. The zero-order valence-corrected chi connectivity index (χ0v) is 65.7. The fraction of sp³-hybridized carbons (Fsp3) is 0.985. The Morgan fingerprint density at radius 3 is 0.752 bits per heavy atom. The number of amides is 1. The Balaban J connectivity index is 0.954. The van der Waals surface area contributed by atoms with Gasteiger partial charge in [0.25, 0.3) is 0 Å². The van der Waals surface area contributed by atoms with Gasteiger partial charge in [0.05, 0.1) is 72.7 Å². The molecule has 57 nitrogen and oxygen atoms in total. The number of hydrogen-bond acceptors (Lipinski definition) is 56. The molecule has 11 rings (SSSR count). The molecule has 35 N–H and O–H groups in total. The van der Waals surface area contributed by atoms with E-state index in [1.54, 1.807) is 0 Å². The second-order valence-electron chi connectivity index (χ2n) is 31.7. The van der Waals surface area contributed by atoms with E-state index in [9.17, 15) is 178 Å². The van der Waals surface area contributed by atoms with Crippen molar-refractivity contribution in [2.45, 2.75) is 345 Å². The van der Waals surface area contributed by atoms with Crippen LogP contribution in [-0.2, 0) is 104 Å². The highest BCUT2D eigenvalue weighted by Gasteiger charge is 2.62. The molecule has 125 heavy (non-hydrogen) atoms. The monoisotopic (exact) mass is 1840 g/mol. The molecule has 0 radical (unpaired) electrons. The van der Waals surface area contributed by atoms with Gasteiger partial charge < -0.3 is 278 Å². The fourth-order valence-corrected chi connectivity index (χ4v) is 15.9. The molecule has 11 fully saturated rings. The minimum atomic E-state index is -2.70. The molecule has 0 spiro atoms. The van der Waals surface area contributed by atoms with E-state index in [4.69, 9.17) is 99.5 Å². The second kappa shape index (κ2) is 44.6. The number of ether oxygens (including phenoxy) is 21. The number of nitrogens with one attached hydrogen (secondary N) is 1. The zero-order chi connectivity index (χ0) is 91.7. The van der Waals surface area contributed by atoms with Crippen LogP contribution in [0.15, 0.2) is 0 Å². The van der Waals surface area contributed by atoms with Gasteiger partial charge in [-0.1, -0.05) is 0 Å². The van der Waals surface area contributed by atoms with Crippen molar-refractivity contribution < 1.29 is 278 Å². The summed E-state index contributed by atoms with van der Waals surface area (Å²) in [7, 11) is 0. The number of carbonyl (C=O) groups is 1. The lowest BCUT2D eigenvalue weighted by Crippen LogP contribution is -2.69. The average Bonchev–Trinajstić information content (AvgIpc) is 0.750. The van der Waals surface area contributed by atoms with Crippen molar-refractivity contribution >= 4 is 5.91 Å². The van der Waals surface area contributed by atoms with Crippen LogP contribution in [0.5, 0.6) is 0 Å². The van der Waals surface area contributed by atoms with E-state index in [2.05, 4.69) is 5.32 Å². The van der Waals surface area contributed by atoms with Crippen molar-refractivity contribution in [2.24, 2.45) is 0 Å². The predicted molar refractivity (Wildman–Crippen MR) is 374 cm³/mol. The lowest BCUT2D eigenvalue weighted by atomic mass is 9.94. The van der Waals surface area contributed by atoms with Gasteiger partial charge in [0.1, 0.15) is 269 Å². The topological polar surface area (TPSA) is 911 Å². The van der Waals surface area contributed by atoms with Gasteiger partial charge in [-0.25, -0.2) is 0 Å². The molecule has 55 atom stereocenters. The van der Waals surface area contributed by atoms with E-state index < -0.39 is 416 Å². The van der Waals surface area contributed by atoms with Gasteiger partial charge in [0, 0.05) is 6.92 Å². The van der Waals surface area contributed by atoms with Crippen LogP contribution in [0.2, 0.25) is 0 Å². The van der Waals surface area contributed by atoms with E-state index in [0.29, 0.717) is 0 Å². The van der Waals surface area contributed by atoms with Crippen molar-refractivity contribution in [3.05, 3.63) is 0 Å². The largest absolute Gasteiger partial charge is 0.394 e. The third-order valence-electron chi connectivity index (χ3n) is 23.4. The maximum atomic E-state index is 12.8. The standard InChI is InChI=1S/C68H115NO56/c1-13(78)69-25-36(89)51(21(9-77)108-58(25)104)119-64-50(103)53(35(88)24(117-64)11-105-59-49(102)52(120-60-45(98)37(90)26(79)14(2-70)109-60)34(87)23(116-59)12-107-66-55(42(95)31(84)19(7-75)114-66)123-62-47(100)39(92)28(81)16(4-72)111-62)121-68-57(125-67-56(43(96)32(85)20(8-76)115-67)124-63-48(101)40(93)29(82)17(5-73)112-63)44(97)33(86)22(118-68)10-106-65-54(41(94)30(83)18(6-74)113-65)122-61-46(99)38(91)27(80)15(3-71)110-61/h14-68,70-77,79-104H,2-12H2,1H3,(H,69,78)/t14-,15-,16-,17-,18-,19-,20-,21-,22-,23-,24-,25-,26-,27-,28-,29-,30-,31-,32-,33-,34-,35-,36-,37+,38+,39+,40+,41+,42+,43+,44+,45+,46+,47+,48+,49+,50+,51-,52+,53+,54+,55+,56+,57+,58-,59+,60-,61-,62-,63-,64+,65+,66+,67-,68-/m1/s1. The third kappa shape index (κ3) is 22.0. The molecule has 0 unspecified atom stereocenters. The number of aliphatic hydroxyl groups is 34. The first kappa shape index (κ1) is 103. The minimum Gasteiger partial charge on any atom is -0.394 e. The lowest BCUT2D eigenvalue weighted by Gasteiger charge is -2.51. The van der Waals surface area contributed by atoms with Crippen LogP contribution in [0, 0.1) is 0 Å². The van der Waals surface area contributed by atoms with Gasteiger partial charge in [0.15, 0.2) is 69.2 Å². The molecule has 0 aromatic carbocycles. The Bertz CT molecular complexity index is 3250. The summed E-state index contributed by atoms with van der Waals surface area (Å²) >= 11 is 0. The smallest absolute Gasteiger partial charge is 0.217 e. The molecule has 11 aliphatic heterocycles. The molecule has 0 bridgehead atoms. The van der Waals surface area contributed by atoms with Crippen LogP contribution in [0.3, 0.4) is 0 Å². The predicted octanol–water partition coefficient (Wildman–Crippen LogP) is -24.8. The van der Waals surface area contributed by atoms with E-state index in [0.717, 1.165) is 6.92 Å². The summed E-state index contributed by atoms with van der Waals surface area (Å²) in [5, 5.41) is 379. The zero-order valence-electron chi connectivity index (χ0n) is 65.7. The summed E-state index contributed by atoms with van der Waals surface area (Å²) in [4.78, 5) is 12.5. The molecule has 728 valence electrons. The molecule has 0 aromatic heterocycles. The van der Waals surface area contributed by atoms with E-state index in [1.165, 1.54) is 0 Å². The molecule has 11 saturated heterocycles. The Kier molecular flexibility index (Phi) is 36.7. The Morgan fingerprint density at radius 2 is 0.424 bits per heavy atom. The van der Waals surface area contributed by atoms with E-state index >= 15 is 0 Å². The quantitative estimate of drug-likeness (QED) is 0.0297. The van der Waals surface area contributed by atoms with Crippen LogP contribution in [0.25, 0.3) is 0 Å². The van der Waals surface area contributed by atoms with Crippen molar-refractivity contribution in [3.8, 4) is 0 Å². The first-order chi connectivity index (χ1) is 59.2. The maximum absolute atomic E-state index is 12.8. The van der Waals surface area contributed by atoms with Crippen molar-refractivity contribution in [3.63, 3.8) is 0 Å². The van der Waals surface area contributed by atoms with Gasteiger partial charge in [-0.05, 0) is 0 Å². The minimum absolute atomic E-state index is 0.919. The Hall–Kier alpha value is -2.73. The van der Waals surface area contributed by atoms with Gasteiger partial charge in [-0.3, -0.25) is 4.79 Å². The van der Waals surface area contributed by atoms with Gasteiger partial charge in [-0.15, -0.1) is 0 Å². The first-order valence-electron chi connectivity index (χ1n) is 39.7. The van der Waals surface area contributed by atoms with Gasteiger partial charge in [0.2, 0.25) is 5.91 Å². The maximum Gasteiger partial charge on any atom is 0.217 e. The summed E-state index contributed by atoms with van der Waals surface area (Å²) in [5.74, 6) is -0.919. The molecule has 0 aliphatic carbocycles. The molecule has 11 heterocycles. The lowest BCUT2D eigenvalue weighted by molar-refractivity contribution is -0.410. The molecule has 57 heteroatoms. The SMILES string of the molecule is CC(=O)N[C@@H]1[C@@H](O)[C@H](O[C@@H]2O[C@H](CO[C@H]3O[C@H](CO[C@H]4O[C@H](CO)[C@@H](O)[C@H](O)[C@@H]4O[C@H]4O[C@H](CO)[C@@H](O)[C@H](O)[C@@H]4O)[C@@H](O)[C@H](O[C@H]4O[C@H](CO)[C@@H](O)[C@H](O)[C@@H]4O)[C@@H]3O)[C@@H](O)[C@H](O[C@H]3O[C@H](CO[C@H]4O[C@H](CO)[C@@H](O)[C@H](O)[C@@H]4O[C@H]4O[C@H](CO)[C@@H](O)[C@H](O)[C@@H]4O)[C@@H](O)[C@H](O)[C@@H]3O[C@H]3O[C@H](CO)[C@@H](O)[C@H](O)[C@@H]3O[C@H]3O[C@H](CO)[C@@H](O)[C@H](O)[C@@H]3O)[C@@H]2O)[C@@H](CO)O[C@H]1O. The Morgan fingerprint density at radius 1 is 0.208 bits per heavy atom. The molecular weight excluding hydrogens is 1730 g/mol. The van der Waals surface area contributed by atoms with Crippen molar-refractivity contribution in [1.82, 2.24) is 5.32 Å². The molecule has 1 amide bonds. The summed E-state index contributed by atoms with van der Waals surface area (Å²) in [6, 6.07) is -1.87. The van der Waals surface area contributed by atoms with Crippen LogP contribution in [-0.4, -0.2) is 590 Å². The molecule has 11 aliphatic rings. The van der Waals surface area contributed by atoms with E-state index in [1.807, 2.05) is 0 Å². The highest BCUT2D eigenvalue weighted by Crippen LogP contribution is 2.41. The number of carbonyl (C=O) groups excluding carboxylic acids is 1. The number of aliphatic hydroxyl groups excluding tert-OH is 34.